The Morgan fingerprint density at radius 2 is 2.04 bits per heavy atom. The lowest BCUT2D eigenvalue weighted by molar-refractivity contribution is -0.113. The Bertz CT molecular complexity index is 872. The molecule has 0 saturated carbocycles. The molecule has 8 nitrogen and oxygen atoms in total. The Kier molecular flexibility index (Phi) is 4.61. The van der Waals surface area contributed by atoms with Crippen LogP contribution in [0.4, 0.5) is 5.82 Å². The van der Waals surface area contributed by atoms with Gasteiger partial charge >= 0.3 is 0 Å². The number of carbonyl (C=O) groups is 1. The monoisotopic (exact) mass is 344 g/mol. The van der Waals surface area contributed by atoms with Crippen molar-refractivity contribution in [2.45, 2.75) is 25.8 Å². The van der Waals surface area contributed by atoms with Crippen LogP contribution < -0.4 is 5.32 Å². The zero-order valence-corrected chi connectivity index (χ0v) is 14.3. The van der Waals surface area contributed by atoms with Crippen molar-refractivity contribution in [1.29, 1.82) is 0 Å². The zero-order valence-electron chi connectivity index (χ0n) is 13.5. The highest BCUT2D eigenvalue weighted by Crippen LogP contribution is 2.22. The summed E-state index contributed by atoms with van der Waals surface area (Å²) in [5.41, 5.74) is 1.85. The number of carbonyl (C=O) groups excluding carboxylic acids is 1. The summed E-state index contributed by atoms with van der Waals surface area (Å²) in [6, 6.07) is 3.62. The number of amides is 1. The first kappa shape index (κ1) is 16.2. The molecule has 1 amide bonds. The minimum Gasteiger partial charge on any atom is -0.360 e. The van der Waals surface area contributed by atoms with Gasteiger partial charge in [-0.3, -0.25) is 4.79 Å². The Morgan fingerprint density at radius 1 is 1.25 bits per heavy atom. The van der Waals surface area contributed by atoms with E-state index in [-0.39, 0.29) is 11.7 Å². The van der Waals surface area contributed by atoms with Crippen molar-refractivity contribution in [2.24, 2.45) is 0 Å². The van der Waals surface area contributed by atoms with Gasteiger partial charge in [-0.2, -0.15) is 5.10 Å². The van der Waals surface area contributed by atoms with Crippen molar-refractivity contribution in [2.75, 3.05) is 11.1 Å². The number of hydrogen-bond donors (Lipinski definition) is 1. The van der Waals surface area contributed by atoms with Crippen molar-refractivity contribution < 1.29 is 9.32 Å². The van der Waals surface area contributed by atoms with E-state index in [2.05, 4.69) is 25.5 Å². The Balaban J connectivity index is 1.71. The van der Waals surface area contributed by atoms with Crippen LogP contribution in [0.2, 0.25) is 0 Å². The molecule has 0 unspecified atom stereocenters. The molecule has 3 rings (SSSR count). The molecule has 0 fully saturated rings. The maximum atomic E-state index is 12.0. The number of anilines is 1. The summed E-state index contributed by atoms with van der Waals surface area (Å²) in [7, 11) is 0. The normalized spacial score (nSPS) is 10.8. The van der Waals surface area contributed by atoms with E-state index < -0.39 is 0 Å². The smallest absolute Gasteiger partial charge is 0.236 e. The van der Waals surface area contributed by atoms with Gasteiger partial charge in [-0.05, 0) is 26.8 Å². The molecule has 0 spiro atoms. The Labute approximate surface area is 142 Å². The van der Waals surface area contributed by atoms with Crippen molar-refractivity contribution in [3.63, 3.8) is 0 Å². The highest BCUT2D eigenvalue weighted by atomic mass is 32.2. The number of aromatic nitrogens is 5. The second kappa shape index (κ2) is 6.83. The van der Waals surface area contributed by atoms with Crippen LogP contribution in [0, 0.1) is 20.8 Å². The quantitative estimate of drug-likeness (QED) is 0.709. The minimum atomic E-state index is -0.196. The molecule has 124 valence electrons. The van der Waals surface area contributed by atoms with E-state index in [1.807, 2.05) is 19.9 Å². The third kappa shape index (κ3) is 3.62. The molecule has 3 aromatic heterocycles. The Hall–Kier alpha value is -2.68. The maximum Gasteiger partial charge on any atom is 0.236 e. The standard InChI is InChI=1S/C15H16N6O2S/c1-9-6-10(2)21(19-9)14-15(17-5-4-16-14)24-8-13(22)18-12-7-11(3)23-20-12/h4-7H,8H2,1-3H3,(H,18,20,22). The summed E-state index contributed by atoms with van der Waals surface area (Å²) in [4.78, 5) is 20.7. The molecule has 0 radical (unpaired) electrons. The van der Waals surface area contributed by atoms with Gasteiger partial charge in [-0.15, -0.1) is 0 Å². The van der Waals surface area contributed by atoms with Crippen molar-refractivity contribution in [3.8, 4) is 5.82 Å². The molecule has 0 bridgehead atoms. The van der Waals surface area contributed by atoms with Crippen LogP contribution in [-0.2, 0) is 4.79 Å². The van der Waals surface area contributed by atoms with Gasteiger partial charge < -0.3 is 9.84 Å². The fraction of sp³-hybridized carbons (Fsp3) is 0.267. The van der Waals surface area contributed by atoms with Gasteiger partial charge in [0.1, 0.15) is 10.8 Å². The van der Waals surface area contributed by atoms with Crippen molar-refractivity contribution >= 4 is 23.5 Å². The molecule has 0 atom stereocenters. The average molecular weight is 344 g/mol. The molecule has 24 heavy (non-hydrogen) atoms. The van der Waals surface area contributed by atoms with E-state index in [1.165, 1.54) is 11.8 Å². The predicted octanol–water partition coefficient (Wildman–Crippen LogP) is 2.31. The summed E-state index contributed by atoms with van der Waals surface area (Å²) in [6.45, 7) is 5.63. The summed E-state index contributed by atoms with van der Waals surface area (Å²) in [5.74, 6) is 1.63. The van der Waals surface area contributed by atoms with Gasteiger partial charge in [0.2, 0.25) is 5.91 Å². The highest BCUT2D eigenvalue weighted by Gasteiger charge is 2.14. The third-order valence-electron chi connectivity index (χ3n) is 3.09. The summed E-state index contributed by atoms with van der Waals surface area (Å²) >= 11 is 1.29. The number of nitrogens with zero attached hydrogens (tertiary/aromatic N) is 5. The summed E-state index contributed by atoms with van der Waals surface area (Å²) in [6.07, 6.45) is 3.20. The lowest BCUT2D eigenvalue weighted by Crippen LogP contribution is -2.15. The van der Waals surface area contributed by atoms with Crippen LogP contribution in [-0.4, -0.2) is 36.6 Å². The largest absolute Gasteiger partial charge is 0.360 e. The second-order valence-electron chi connectivity index (χ2n) is 5.18. The third-order valence-corrected chi connectivity index (χ3v) is 4.06. The molecular formula is C15H16N6O2S. The fourth-order valence-corrected chi connectivity index (χ4v) is 2.89. The van der Waals surface area contributed by atoms with Crippen LogP contribution in [0.1, 0.15) is 17.1 Å². The Morgan fingerprint density at radius 3 is 2.71 bits per heavy atom. The van der Waals surface area contributed by atoms with E-state index in [0.717, 1.165) is 11.4 Å². The molecule has 3 aromatic rings. The van der Waals surface area contributed by atoms with Crippen LogP contribution >= 0.6 is 11.8 Å². The molecule has 0 aliphatic carbocycles. The number of hydrogen-bond acceptors (Lipinski definition) is 7. The SMILES string of the molecule is Cc1cc(C)n(-c2nccnc2SCC(=O)Nc2cc(C)on2)n1. The van der Waals surface area contributed by atoms with Crippen LogP contribution in [0.25, 0.3) is 5.82 Å². The van der Waals surface area contributed by atoms with E-state index >= 15 is 0 Å². The first-order valence-corrected chi connectivity index (χ1v) is 8.22. The zero-order chi connectivity index (χ0) is 17.1. The van der Waals surface area contributed by atoms with Crippen molar-refractivity contribution in [3.05, 3.63) is 41.7 Å². The van der Waals surface area contributed by atoms with Gasteiger partial charge in [0.25, 0.3) is 0 Å². The number of thioether (sulfide) groups is 1. The maximum absolute atomic E-state index is 12.0. The minimum absolute atomic E-state index is 0.177. The molecule has 0 aliphatic rings. The van der Waals surface area contributed by atoms with E-state index in [0.29, 0.717) is 22.4 Å². The van der Waals surface area contributed by atoms with Gasteiger partial charge in [0.05, 0.1) is 11.4 Å². The lowest BCUT2D eigenvalue weighted by atomic mass is 10.4. The lowest BCUT2D eigenvalue weighted by Gasteiger charge is -2.08. The summed E-state index contributed by atoms with van der Waals surface area (Å²) < 4.78 is 6.64. The first-order valence-electron chi connectivity index (χ1n) is 7.23. The van der Waals surface area contributed by atoms with Crippen molar-refractivity contribution in [1.82, 2.24) is 24.9 Å². The molecule has 9 heteroatoms. The first-order chi connectivity index (χ1) is 11.5. The fourth-order valence-electron chi connectivity index (χ4n) is 2.15. The van der Waals surface area contributed by atoms with Gasteiger partial charge in [0, 0.05) is 24.2 Å². The number of aryl methyl sites for hydroxylation is 3. The molecule has 3 heterocycles. The number of nitrogens with one attached hydrogen (secondary N) is 1. The van der Waals surface area contributed by atoms with Crippen LogP contribution in [0.15, 0.2) is 34.1 Å². The molecule has 0 aliphatic heterocycles. The molecular weight excluding hydrogens is 328 g/mol. The van der Waals surface area contributed by atoms with Gasteiger partial charge in [0.15, 0.2) is 11.6 Å². The van der Waals surface area contributed by atoms with Crippen LogP contribution in [0.3, 0.4) is 0 Å². The molecule has 1 N–H and O–H groups in total. The summed E-state index contributed by atoms with van der Waals surface area (Å²) in [5, 5.41) is 11.5. The van der Waals surface area contributed by atoms with E-state index in [4.69, 9.17) is 4.52 Å². The van der Waals surface area contributed by atoms with Gasteiger partial charge in [-0.25, -0.2) is 14.6 Å². The van der Waals surface area contributed by atoms with E-state index in [9.17, 15) is 4.79 Å². The topological polar surface area (TPSA) is 98.7 Å². The van der Waals surface area contributed by atoms with E-state index in [1.54, 1.807) is 30.1 Å². The second-order valence-corrected chi connectivity index (χ2v) is 6.15. The molecule has 0 aromatic carbocycles. The average Bonchev–Trinajstić information content (AvgIpc) is 3.10. The predicted molar refractivity (Wildman–Crippen MR) is 89.2 cm³/mol. The van der Waals surface area contributed by atoms with Crippen LogP contribution in [0.5, 0.6) is 0 Å². The highest BCUT2D eigenvalue weighted by molar-refractivity contribution is 8.00. The number of rotatable bonds is 5. The molecule has 0 saturated heterocycles. The van der Waals surface area contributed by atoms with Gasteiger partial charge in [-0.1, -0.05) is 16.9 Å².